The van der Waals surface area contributed by atoms with E-state index in [1.807, 2.05) is 0 Å². The smallest absolute Gasteiger partial charge is 0.306 e. The lowest BCUT2D eigenvalue weighted by Gasteiger charge is -2.60. The first-order valence-corrected chi connectivity index (χ1v) is 9.89. The summed E-state index contributed by atoms with van der Waals surface area (Å²) in [6, 6.07) is 6.85. The van der Waals surface area contributed by atoms with E-state index in [4.69, 9.17) is 4.74 Å². The summed E-state index contributed by atoms with van der Waals surface area (Å²) in [7, 11) is 0. The number of aryl methyl sites for hydroxylation is 2. The molecular formula is C22H27NO3. The van der Waals surface area contributed by atoms with Gasteiger partial charge in [-0.2, -0.15) is 0 Å². The molecule has 2 saturated carbocycles. The minimum Gasteiger partial charge on any atom is -0.465 e. The highest BCUT2D eigenvalue weighted by Crippen LogP contribution is 2.58. The molecule has 138 valence electrons. The van der Waals surface area contributed by atoms with Gasteiger partial charge in [0.2, 0.25) is 5.91 Å². The van der Waals surface area contributed by atoms with Crippen molar-refractivity contribution < 1.29 is 14.3 Å². The highest BCUT2D eigenvalue weighted by atomic mass is 16.5. The predicted molar refractivity (Wildman–Crippen MR) is 97.6 cm³/mol. The number of likely N-dealkylation sites (tertiary alicyclic amines) is 1. The monoisotopic (exact) mass is 353 g/mol. The van der Waals surface area contributed by atoms with E-state index in [9.17, 15) is 9.59 Å². The Morgan fingerprint density at radius 1 is 1.08 bits per heavy atom. The number of amides is 1. The maximum Gasteiger partial charge on any atom is 0.306 e. The molecule has 1 amide bonds. The second-order valence-electron chi connectivity index (χ2n) is 9.59. The van der Waals surface area contributed by atoms with E-state index in [1.165, 1.54) is 29.5 Å². The molecule has 26 heavy (non-hydrogen) atoms. The minimum absolute atomic E-state index is 0.00910. The van der Waals surface area contributed by atoms with Gasteiger partial charge in [0, 0.05) is 29.8 Å². The molecule has 1 aromatic rings. The second-order valence-corrected chi connectivity index (χ2v) is 9.59. The van der Waals surface area contributed by atoms with Crippen molar-refractivity contribution in [1.82, 2.24) is 4.90 Å². The van der Waals surface area contributed by atoms with Gasteiger partial charge < -0.3 is 9.64 Å². The minimum atomic E-state index is -0.0920. The second kappa shape index (κ2) is 5.34. The highest BCUT2D eigenvalue weighted by Gasteiger charge is 2.58. The van der Waals surface area contributed by atoms with Crippen LogP contribution in [0.4, 0.5) is 0 Å². The summed E-state index contributed by atoms with van der Waals surface area (Å²) >= 11 is 0. The molecule has 0 N–H and O–H groups in total. The number of cyclic esters (lactones) is 1. The summed E-state index contributed by atoms with van der Waals surface area (Å²) in [5, 5.41) is 0. The fourth-order valence-electron chi connectivity index (χ4n) is 5.74. The topological polar surface area (TPSA) is 46.6 Å². The molecular weight excluding hydrogens is 326 g/mol. The molecule has 0 radical (unpaired) electrons. The molecule has 0 aromatic heterocycles. The van der Waals surface area contributed by atoms with E-state index >= 15 is 0 Å². The number of hydrogen-bond donors (Lipinski definition) is 0. The van der Waals surface area contributed by atoms with Crippen molar-refractivity contribution in [3.05, 3.63) is 34.9 Å². The molecule has 2 aliphatic heterocycles. The Bertz CT molecular complexity index is 779. The number of esters is 1. The summed E-state index contributed by atoms with van der Waals surface area (Å²) in [4.78, 5) is 26.1. The van der Waals surface area contributed by atoms with Crippen molar-refractivity contribution in [1.29, 1.82) is 0 Å². The first-order valence-electron chi connectivity index (χ1n) is 9.89. The molecule has 4 nitrogen and oxygen atoms in total. The fraction of sp³-hybridized carbons (Fsp3) is 0.636. The maximum atomic E-state index is 12.7. The van der Waals surface area contributed by atoms with Crippen LogP contribution in [-0.4, -0.2) is 36.5 Å². The number of hydrogen-bond acceptors (Lipinski definition) is 3. The number of rotatable bonds is 2. The molecule has 1 aromatic carbocycles. The molecule has 0 atom stereocenters. The van der Waals surface area contributed by atoms with Gasteiger partial charge in [0.05, 0.1) is 13.0 Å². The Labute approximate surface area is 154 Å². The zero-order valence-electron chi connectivity index (χ0n) is 15.7. The lowest BCUT2D eigenvalue weighted by atomic mass is 9.55. The van der Waals surface area contributed by atoms with Crippen molar-refractivity contribution >= 4 is 11.9 Å². The van der Waals surface area contributed by atoms with Gasteiger partial charge in [-0.05, 0) is 62.1 Å². The molecule has 4 fully saturated rings. The van der Waals surface area contributed by atoms with Crippen molar-refractivity contribution in [3.8, 4) is 0 Å². The third-order valence-electron chi connectivity index (χ3n) is 7.49. The van der Waals surface area contributed by atoms with Gasteiger partial charge in [0.15, 0.2) is 0 Å². The Hall–Kier alpha value is -1.84. The zero-order valence-corrected chi connectivity index (χ0v) is 15.7. The van der Waals surface area contributed by atoms with Crippen LogP contribution in [0.5, 0.6) is 0 Å². The number of ether oxygens (including phenoxy) is 1. The summed E-state index contributed by atoms with van der Waals surface area (Å²) in [5.74, 6) is 1.01. The van der Waals surface area contributed by atoms with Crippen LogP contribution in [0, 0.1) is 30.6 Å². The predicted octanol–water partition coefficient (Wildman–Crippen LogP) is 3.35. The van der Waals surface area contributed by atoms with Gasteiger partial charge in [0.1, 0.15) is 0 Å². The molecule has 4 heteroatoms. The summed E-state index contributed by atoms with van der Waals surface area (Å²) < 4.78 is 5.10. The molecule has 2 heterocycles. The summed E-state index contributed by atoms with van der Waals surface area (Å²) in [6.07, 6.45) is 4.63. The molecule has 0 unspecified atom stereocenters. The van der Waals surface area contributed by atoms with Crippen molar-refractivity contribution in [3.63, 3.8) is 0 Å². The highest BCUT2D eigenvalue weighted by molar-refractivity contribution is 5.82. The first kappa shape index (κ1) is 16.3. The SMILES string of the molecule is Cc1ccc(C2CC3(C2)CN(C(=O)C2CC4(COC(=O)C4)C2)C3)cc1C. The number of carbonyl (C=O) groups excluding carboxylic acids is 2. The fourth-order valence-corrected chi connectivity index (χ4v) is 5.74. The molecule has 2 aliphatic carbocycles. The van der Waals surface area contributed by atoms with Crippen LogP contribution in [0.2, 0.25) is 0 Å². The van der Waals surface area contributed by atoms with Gasteiger partial charge in [0.25, 0.3) is 0 Å². The van der Waals surface area contributed by atoms with E-state index in [-0.39, 0.29) is 17.3 Å². The molecule has 2 spiro atoms. The van der Waals surface area contributed by atoms with Crippen LogP contribution < -0.4 is 0 Å². The lowest BCUT2D eigenvalue weighted by molar-refractivity contribution is -0.163. The van der Waals surface area contributed by atoms with Gasteiger partial charge >= 0.3 is 5.97 Å². The normalized spacial score (nSPS) is 28.5. The van der Waals surface area contributed by atoms with Crippen LogP contribution in [0.3, 0.4) is 0 Å². The standard InChI is InChI=1S/C22H27NO3/c1-14-3-4-16(5-15(14)2)17-6-22(7-17)11-23(12-22)20(25)18-8-21(9-18)10-19(24)26-13-21/h3-5,17-18H,6-13H2,1-2H3. The van der Waals surface area contributed by atoms with Crippen LogP contribution in [-0.2, 0) is 14.3 Å². The van der Waals surface area contributed by atoms with E-state index < -0.39 is 0 Å². The maximum absolute atomic E-state index is 12.7. The van der Waals surface area contributed by atoms with E-state index in [0.29, 0.717) is 30.3 Å². The van der Waals surface area contributed by atoms with Crippen LogP contribution in [0.25, 0.3) is 0 Å². The van der Waals surface area contributed by atoms with Gasteiger partial charge in [-0.15, -0.1) is 0 Å². The third-order valence-corrected chi connectivity index (χ3v) is 7.49. The zero-order chi connectivity index (χ0) is 18.1. The average Bonchev–Trinajstić information content (AvgIpc) is 2.88. The first-order chi connectivity index (χ1) is 12.4. The largest absolute Gasteiger partial charge is 0.465 e. The van der Waals surface area contributed by atoms with Gasteiger partial charge in [-0.3, -0.25) is 9.59 Å². The van der Waals surface area contributed by atoms with Crippen molar-refractivity contribution in [2.75, 3.05) is 19.7 Å². The third kappa shape index (κ3) is 2.41. The van der Waals surface area contributed by atoms with E-state index in [1.54, 1.807) is 0 Å². The molecule has 5 rings (SSSR count). The van der Waals surface area contributed by atoms with Crippen LogP contribution in [0.15, 0.2) is 18.2 Å². The van der Waals surface area contributed by atoms with Crippen LogP contribution >= 0.6 is 0 Å². The van der Waals surface area contributed by atoms with Gasteiger partial charge in [-0.1, -0.05) is 18.2 Å². The molecule has 4 aliphatic rings. The van der Waals surface area contributed by atoms with Crippen molar-refractivity contribution in [2.45, 2.75) is 51.9 Å². The quantitative estimate of drug-likeness (QED) is 0.766. The Morgan fingerprint density at radius 3 is 2.42 bits per heavy atom. The van der Waals surface area contributed by atoms with Crippen molar-refractivity contribution in [2.24, 2.45) is 16.7 Å². The van der Waals surface area contributed by atoms with E-state index in [0.717, 1.165) is 25.9 Å². The lowest BCUT2D eigenvalue weighted by Crippen LogP contribution is -2.65. The average molecular weight is 353 g/mol. The molecule has 2 saturated heterocycles. The Balaban J connectivity index is 1.12. The van der Waals surface area contributed by atoms with E-state index in [2.05, 4.69) is 36.9 Å². The Kier molecular flexibility index (Phi) is 3.35. The summed E-state index contributed by atoms with van der Waals surface area (Å²) in [6.45, 7) is 6.75. The summed E-state index contributed by atoms with van der Waals surface area (Å²) in [5.41, 5.74) is 4.57. The van der Waals surface area contributed by atoms with Crippen LogP contribution in [0.1, 0.15) is 54.7 Å². The Morgan fingerprint density at radius 2 is 1.81 bits per heavy atom. The number of carbonyl (C=O) groups is 2. The number of benzene rings is 1. The number of nitrogens with zero attached hydrogens (tertiary/aromatic N) is 1. The van der Waals surface area contributed by atoms with Gasteiger partial charge in [-0.25, -0.2) is 0 Å². The molecule has 0 bridgehead atoms.